The third kappa shape index (κ3) is 4.68. The first-order chi connectivity index (χ1) is 26.2. The van der Waals surface area contributed by atoms with Crippen molar-refractivity contribution in [1.82, 2.24) is 0 Å². The van der Waals surface area contributed by atoms with Crippen molar-refractivity contribution >= 4 is 37.9 Å². The molecule has 0 radical (unpaired) electrons. The molecule has 0 nitrogen and oxygen atoms in total. The van der Waals surface area contributed by atoms with Crippen molar-refractivity contribution in [2.45, 2.75) is 135 Å². The summed E-state index contributed by atoms with van der Waals surface area (Å²) >= 11 is -4.87. The number of aryl methyl sites for hydroxylation is 1. The summed E-state index contributed by atoms with van der Waals surface area (Å²) in [6.07, 6.45) is 21.6. The molecular weight excluding hydrogens is 823 g/mol. The fourth-order valence-corrected chi connectivity index (χ4v) is 35.8. The zero-order valence-corrected chi connectivity index (χ0v) is 42.2. The molecule has 0 aliphatic heterocycles. The van der Waals surface area contributed by atoms with Crippen molar-refractivity contribution in [2.24, 2.45) is 62.6 Å². The maximum absolute atomic E-state index is 6.17. The first-order valence-corrected chi connectivity index (χ1v) is 30.8. The molecule has 0 N–H and O–H groups in total. The van der Waals surface area contributed by atoms with Crippen LogP contribution in [-0.2, 0) is 24.7 Å². The van der Waals surface area contributed by atoms with Crippen LogP contribution in [0.1, 0.15) is 131 Å². The van der Waals surface area contributed by atoms with Crippen molar-refractivity contribution in [3.63, 3.8) is 0 Å². The summed E-state index contributed by atoms with van der Waals surface area (Å²) in [4.78, 5) is 0. The van der Waals surface area contributed by atoms with Crippen LogP contribution in [0.2, 0.25) is 7.75 Å². The van der Waals surface area contributed by atoms with E-state index >= 15 is 0 Å². The normalized spacial score (nSPS) is 38.5. The van der Waals surface area contributed by atoms with Crippen LogP contribution in [0, 0.1) is 69.5 Å². The predicted molar refractivity (Wildman–Crippen MR) is 253 cm³/mol. The molecule has 11 rings (SSSR count). The van der Waals surface area contributed by atoms with Gasteiger partial charge in [0, 0.05) is 0 Å². The Kier molecular flexibility index (Phi) is 9.68. The molecule has 5 saturated carbocycles. The van der Waals surface area contributed by atoms with Gasteiger partial charge in [0.05, 0.1) is 0 Å². The van der Waals surface area contributed by atoms with Gasteiger partial charge in [0.1, 0.15) is 0 Å². The zero-order valence-electron chi connectivity index (χ0n) is 38.1. The van der Waals surface area contributed by atoms with Crippen molar-refractivity contribution in [3.8, 4) is 0 Å². The average molecular weight is 897 g/mol. The Morgan fingerprint density at radius 1 is 0.741 bits per heavy atom. The second-order valence-corrected chi connectivity index (χ2v) is 38.9. The van der Waals surface area contributed by atoms with Crippen LogP contribution >= 0.6 is 24.8 Å². The fraction of sp³-hybridized carbons (Fsp3) is 0.582. The summed E-state index contributed by atoms with van der Waals surface area (Å²) in [5.74, 6) is 4.50. The van der Waals surface area contributed by atoms with E-state index in [1.807, 2.05) is 5.57 Å². The van der Waals surface area contributed by atoms with Crippen LogP contribution in [0.15, 0.2) is 98.4 Å². The molecular formula is C55H74Cl2Zr. The van der Waals surface area contributed by atoms with Gasteiger partial charge >= 0.3 is 344 Å². The van der Waals surface area contributed by atoms with Crippen LogP contribution in [0.4, 0.5) is 0 Å². The Balaban J connectivity index is 0.00000235. The predicted octanol–water partition coefficient (Wildman–Crippen LogP) is 15.1. The standard InChI is InChI=1S/C29H37.C17H23.C7H7.CH3.CH2.2ClH.Zr/c1-18-25-22-17-19-13-9-10-14-20(19)24(22)21-15-11-12-16-23(21)29(25,8)28(6,7)27(4,5)26(18,2)3;1-11-3-4-14(5-11)17(2)15-7-12-6-13(9-15)10-16(17)8-12;1-7-5-3-2-4-6-7;;;;;/h9-11,13-15,23H,12,16-17H2,1-8H3;4-5,11-13,15-16H,6-10H2,1-2H3;3-6H,1H3;1H3;1H2;2*1H;. The SMILES string of the molecule is Cl.Cl.[CH2]=[Zr]([CH3])([C]1=CC(C2(C)C3CC4CC(C3)CC2C4)=CC1C)([c]1ccc(C)cc1)[C]1(C)C2=C3Cc4ccccc4C3=C3C=CCCC3C2(C)C(C)(C)C(C)(C)C1(C)C. The molecule has 4 unspecified atom stereocenters. The molecule has 4 atom stereocenters. The van der Waals surface area contributed by atoms with E-state index in [9.17, 15) is 0 Å². The van der Waals surface area contributed by atoms with Gasteiger partial charge in [-0.15, -0.1) is 24.8 Å². The number of hydrogen-bond acceptors (Lipinski definition) is 0. The number of rotatable bonds is 4. The van der Waals surface area contributed by atoms with E-state index in [2.05, 4.69) is 154 Å². The second kappa shape index (κ2) is 13.0. The summed E-state index contributed by atoms with van der Waals surface area (Å²) in [6.45, 7) is 29.5. The van der Waals surface area contributed by atoms with Gasteiger partial charge in [0.25, 0.3) is 0 Å². The van der Waals surface area contributed by atoms with E-state index in [-0.39, 0.29) is 55.0 Å². The molecule has 0 aromatic heterocycles. The first kappa shape index (κ1) is 43.1. The van der Waals surface area contributed by atoms with Crippen LogP contribution in [-0.4, -0.2) is 4.21 Å². The molecule has 0 spiro atoms. The molecule has 2 aromatic carbocycles. The fourth-order valence-electron chi connectivity index (χ4n) is 17.4. The zero-order chi connectivity index (χ0) is 39.8. The average Bonchev–Trinajstić information content (AvgIpc) is 3.74. The summed E-state index contributed by atoms with van der Waals surface area (Å²) in [5, 5.41) is 0. The Labute approximate surface area is 366 Å². The third-order valence-corrected chi connectivity index (χ3v) is 40.7. The first-order valence-electron chi connectivity index (χ1n) is 23.0. The molecule has 312 valence electrons. The monoisotopic (exact) mass is 894 g/mol. The van der Waals surface area contributed by atoms with Crippen molar-refractivity contribution in [3.05, 3.63) is 115 Å². The minimum atomic E-state index is -4.87. The van der Waals surface area contributed by atoms with Crippen LogP contribution in [0.25, 0.3) is 5.57 Å². The van der Waals surface area contributed by atoms with Gasteiger partial charge in [-0.3, -0.25) is 0 Å². The number of hydrogen-bond donors (Lipinski definition) is 0. The summed E-state index contributed by atoms with van der Waals surface area (Å²) in [5.41, 5.74) is 13.0. The maximum atomic E-state index is 6.17. The third-order valence-electron chi connectivity index (χ3n) is 21.9. The summed E-state index contributed by atoms with van der Waals surface area (Å²) in [7, 11) is 0. The Hall–Kier alpha value is -1.53. The molecule has 0 amide bonds. The number of allylic oxidation sites excluding steroid dienone is 10. The van der Waals surface area contributed by atoms with E-state index < -0.39 is 18.3 Å². The van der Waals surface area contributed by atoms with E-state index in [0.717, 1.165) is 30.1 Å². The van der Waals surface area contributed by atoms with Gasteiger partial charge in [-0.05, 0) is 0 Å². The molecule has 9 aliphatic carbocycles. The molecule has 9 aliphatic rings. The van der Waals surface area contributed by atoms with E-state index in [1.54, 1.807) is 28.8 Å². The van der Waals surface area contributed by atoms with Gasteiger partial charge < -0.3 is 0 Å². The van der Waals surface area contributed by atoms with Crippen molar-refractivity contribution in [1.29, 1.82) is 0 Å². The summed E-state index contributed by atoms with van der Waals surface area (Å²) < 4.78 is 12.2. The van der Waals surface area contributed by atoms with Gasteiger partial charge in [-0.1, -0.05) is 0 Å². The Morgan fingerprint density at radius 2 is 1.34 bits per heavy atom. The number of halogens is 2. The minimum absolute atomic E-state index is 0. The molecule has 0 heterocycles. The van der Waals surface area contributed by atoms with Crippen LogP contribution < -0.4 is 3.27 Å². The quantitative estimate of drug-likeness (QED) is 0.287. The Morgan fingerprint density at radius 3 is 1.97 bits per heavy atom. The van der Waals surface area contributed by atoms with Crippen LogP contribution in [0.5, 0.6) is 0 Å². The Bertz CT molecular complexity index is 2290. The molecule has 3 heteroatoms. The van der Waals surface area contributed by atoms with Crippen LogP contribution in [0.3, 0.4) is 0 Å². The molecule has 5 fully saturated rings. The van der Waals surface area contributed by atoms with Gasteiger partial charge in [0.15, 0.2) is 0 Å². The molecule has 58 heavy (non-hydrogen) atoms. The number of benzene rings is 2. The van der Waals surface area contributed by atoms with Gasteiger partial charge in [0.2, 0.25) is 0 Å². The second-order valence-electron chi connectivity index (χ2n) is 23.7. The topological polar surface area (TPSA) is 0 Å². The van der Waals surface area contributed by atoms with Gasteiger partial charge in [-0.2, -0.15) is 0 Å². The molecule has 0 saturated heterocycles. The van der Waals surface area contributed by atoms with E-state index in [1.165, 1.54) is 61.6 Å². The van der Waals surface area contributed by atoms with Crippen molar-refractivity contribution in [2.75, 3.05) is 0 Å². The number of fused-ring (bicyclic) bond motifs is 6. The van der Waals surface area contributed by atoms with Gasteiger partial charge in [-0.25, -0.2) is 0 Å². The van der Waals surface area contributed by atoms with E-state index in [4.69, 9.17) is 4.21 Å². The van der Waals surface area contributed by atoms with Crippen molar-refractivity contribution < 1.29 is 18.3 Å². The molecule has 2 aromatic rings. The van der Waals surface area contributed by atoms with E-state index in [0.29, 0.717) is 11.8 Å². The summed E-state index contributed by atoms with van der Waals surface area (Å²) in [6, 6.07) is 19.6. The molecule has 4 bridgehead atoms.